The molecule has 0 bridgehead atoms. The summed E-state index contributed by atoms with van der Waals surface area (Å²) in [4.78, 5) is 12.8. The first-order chi connectivity index (χ1) is 12.6. The fourth-order valence-electron chi connectivity index (χ4n) is 3.78. The van der Waals surface area contributed by atoms with Crippen molar-refractivity contribution < 1.29 is 29.2 Å². The summed E-state index contributed by atoms with van der Waals surface area (Å²) in [6, 6.07) is -1.25. The normalized spacial score (nSPS) is 41.4. The Labute approximate surface area is 164 Å². The molecule has 1 unspecified atom stereocenters. The molecule has 0 saturated carbocycles. The maximum absolute atomic E-state index is 14.7. The number of aliphatic hydroxyl groups is 3. The SMILES string of the molecule is CCC1(F)CCN[C@H](C(=O)N[C@H](C(C)C)[C@H]2O[C@H](SC)[C@H](O)[C@@H](O)[C@H]2O)C1. The molecule has 2 aliphatic rings. The van der Waals surface area contributed by atoms with Crippen LogP contribution in [0.5, 0.6) is 0 Å². The Bertz CT molecular complexity index is 512. The van der Waals surface area contributed by atoms with E-state index in [2.05, 4.69) is 10.6 Å². The predicted octanol–water partition coefficient (Wildman–Crippen LogP) is 0.168. The van der Waals surface area contributed by atoms with Gasteiger partial charge in [0.2, 0.25) is 5.91 Å². The van der Waals surface area contributed by atoms with Gasteiger partial charge in [0.1, 0.15) is 35.5 Å². The van der Waals surface area contributed by atoms with Crippen LogP contribution >= 0.6 is 11.8 Å². The maximum Gasteiger partial charge on any atom is 0.237 e. The van der Waals surface area contributed by atoms with Crippen molar-refractivity contribution in [2.45, 2.75) is 87.6 Å². The average Bonchev–Trinajstić information content (AvgIpc) is 2.64. The topological polar surface area (TPSA) is 111 Å². The Morgan fingerprint density at radius 2 is 2.00 bits per heavy atom. The molecule has 2 fully saturated rings. The average molecular weight is 409 g/mol. The second-order valence-electron chi connectivity index (χ2n) is 7.92. The summed E-state index contributed by atoms with van der Waals surface area (Å²) >= 11 is 1.22. The number of hydrogen-bond acceptors (Lipinski definition) is 7. The number of piperidine rings is 1. The Morgan fingerprint density at radius 1 is 1.33 bits per heavy atom. The van der Waals surface area contributed by atoms with Gasteiger partial charge >= 0.3 is 0 Å². The second-order valence-corrected chi connectivity index (χ2v) is 8.86. The van der Waals surface area contributed by atoms with E-state index in [4.69, 9.17) is 4.74 Å². The molecular formula is C18H33FN2O5S. The Morgan fingerprint density at radius 3 is 2.56 bits per heavy atom. The summed E-state index contributed by atoms with van der Waals surface area (Å²) in [7, 11) is 0. The van der Waals surface area contributed by atoms with Gasteiger partial charge in [-0.05, 0) is 31.6 Å². The van der Waals surface area contributed by atoms with Gasteiger partial charge in [-0.3, -0.25) is 4.79 Å². The maximum atomic E-state index is 14.7. The molecule has 0 spiro atoms. The van der Waals surface area contributed by atoms with E-state index in [1.165, 1.54) is 11.8 Å². The van der Waals surface area contributed by atoms with Crippen LogP contribution in [-0.2, 0) is 9.53 Å². The van der Waals surface area contributed by atoms with Gasteiger partial charge < -0.3 is 30.7 Å². The lowest BCUT2D eigenvalue weighted by Crippen LogP contribution is -2.65. The van der Waals surface area contributed by atoms with Crippen LogP contribution in [0, 0.1) is 5.92 Å². The third-order valence-electron chi connectivity index (χ3n) is 5.70. The number of amides is 1. The van der Waals surface area contributed by atoms with Gasteiger partial charge in [-0.15, -0.1) is 11.8 Å². The van der Waals surface area contributed by atoms with Gasteiger partial charge in [0.25, 0.3) is 0 Å². The number of thioether (sulfide) groups is 1. The van der Waals surface area contributed by atoms with E-state index < -0.39 is 47.6 Å². The number of carbonyl (C=O) groups is 1. The van der Waals surface area contributed by atoms with E-state index in [0.717, 1.165) is 0 Å². The molecule has 0 aromatic carbocycles. The summed E-state index contributed by atoms with van der Waals surface area (Å²) in [6.07, 6.45) is -2.24. The third kappa shape index (κ3) is 5.13. The van der Waals surface area contributed by atoms with Crippen molar-refractivity contribution in [2.75, 3.05) is 12.8 Å². The van der Waals surface area contributed by atoms with E-state index in [0.29, 0.717) is 19.4 Å². The van der Waals surface area contributed by atoms with Crippen molar-refractivity contribution in [3.8, 4) is 0 Å². The first-order valence-corrected chi connectivity index (χ1v) is 10.9. The van der Waals surface area contributed by atoms with E-state index in [1.54, 1.807) is 13.2 Å². The predicted molar refractivity (Wildman–Crippen MR) is 102 cm³/mol. The van der Waals surface area contributed by atoms with Crippen molar-refractivity contribution >= 4 is 17.7 Å². The van der Waals surface area contributed by atoms with Gasteiger partial charge in [0, 0.05) is 6.42 Å². The molecule has 7 nitrogen and oxygen atoms in total. The standard InChI is InChI=1S/C18H33FN2O5S/c1-5-18(19)6-7-20-10(8-18)16(25)21-11(9(2)3)15-13(23)12(22)14(24)17(26-15)27-4/h9-15,17,20,22-24H,5-8H2,1-4H3,(H,21,25)/t10-,11+,12-,13+,14+,15+,17+,18?/m0/s1. The molecule has 0 radical (unpaired) electrons. The summed E-state index contributed by atoms with van der Waals surface area (Å²) in [5.74, 6) is -0.454. The zero-order valence-corrected chi connectivity index (χ0v) is 17.2. The molecule has 5 N–H and O–H groups in total. The second kappa shape index (κ2) is 9.37. The number of alkyl halides is 1. The number of carbonyl (C=O) groups excluding carboxylic acids is 1. The molecule has 0 aliphatic carbocycles. The van der Waals surface area contributed by atoms with Gasteiger partial charge in [0.15, 0.2) is 0 Å². The minimum atomic E-state index is -1.37. The molecule has 27 heavy (non-hydrogen) atoms. The fourth-order valence-corrected chi connectivity index (χ4v) is 4.45. The smallest absolute Gasteiger partial charge is 0.237 e. The fraction of sp³-hybridized carbons (Fsp3) is 0.944. The zero-order valence-electron chi connectivity index (χ0n) is 16.4. The Hall–Kier alpha value is -0.450. The number of nitrogens with one attached hydrogen (secondary N) is 2. The van der Waals surface area contributed by atoms with Crippen molar-refractivity contribution in [3.63, 3.8) is 0 Å². The van der Waals surface area contributed by atoms with Crippen LogP contribution in [-0.4, -0.2) is 81.6 Å². The van der Waals surface area contributed by atoms with Crippen LogP contribution < -0.4 is 10.6 Å². The number of halogens is 1. The lowest BCUT2D eigenvalue weighted by atomic mass is 9.85. The highest BCUT2D eigenvalue weighted by Gasteiger charge is 2.48. The van der Waals surface area contributed by atoms with E-state index >= 15 is 0 Å². The van der Waals surface area contributed by atoms with Gasteiger partial charge in [0.05, 0.1) is 12.1 Å². The summed E-state index contributed by atoms with van der Waals surface area (Å²) in [5, 5.41) is 36.5. The van der Waals surface area contributed by atoms with Crippen molar-refractivity contribution in [3.05, 3.63) is 0 Å². The van der Waals surface area contributed by atoms with E-state index in [9.17, 15) is 24.5 Å². The van der Waals surface area contributed by atoms with Crippen LogP contribution in [0.2, 0.25) is 0 Å². The number of rotatable bonds is 6. The van der Waals surface area contributed by atoms with Crippen LogP contribution in [0.25, 0.3) is 0 Å². The molecule has 158 valence electrons. The first kappa shape index (κ1) is 22.8. The molecule has 0 aromatic heterocycles. The summed E-state index contributed by atoms with van der Waals surface area (Å²) in [5.41, 5.74) is -2.07. The summed E-state index contributed by atoms with van der Waals surface area (Å²) < 4.78 is 20.5. The van der Waals surface area contributed by atoms with Crippen molar-refractivity contribution in [1.29, 1.82) is 0 Å². The molecule has 2 heterocycles. The lowest BCUT2D eigenvalue weighted by molar-refractivity contribution is -0.208. The molecule has 8 atom stereocenters. The van der Waals surface area contributed by atoms with Crippen LogP contribution in [0.15, 0.2) is 0 Å². The van der Waals surface area contributed by atoms with E-state index in [1.807, 2.05) is 13.8 Å². The minimum Gasteiger partial charge on any atom is -0.388 e. The number of ether oxygens (including phenoxy) is 1. The molecule has 2 rings (SSSR count). The van der Waals surface area contributed by atoms with Gasteiger partial charge in [-0.2, -0.15) is 0 Å². The van der Waals surface area contributed by atoms with E-state index in [-0.39, 0.29) is 18.2 Å². The van der Waals surface area contributed by atoms with Gasteiger partial charge in [-0.1, -0.05) is 20.8 Å². The molecule has 2 saturated heterocycles. The first-order valence-electron chi connectivity index (χ1n) is 9.58. The molecule has 2 aliphatic heterocycles. The highest BCUT2D eigenvalue weighted by molar-refractivity contribution is 7.99. The Balaban J connectivity index is 2.11. The van der Waals surface area contributed by atoms with Crippen LogP contribution in [0.3, 0.4) is 0 Å². The largest absolute Gasteiger partial charge is 0.388 e. The summed E-state index contributed by atoms with van der Waals surface area (Å²) in [6.45, 7) is 5.94. The minimum absolute atomic E-state index is 0.100. The third-order valence-corrected chi connectivity index (χ3v) is 6.56. The highest BCUT2D eigenvalue weighted by Crippen LogP contribution is 2.32. The van der Waals surface area contributed by atoms with Crippen molar-refractivity contribution in [2.24, 2.45) is 5.92 Å². The van der Waals surface area contributed by atoms with Crippen molar-refractivity contribution in [1.82, 2.24) is 10.6 Å². The molecule has 0 aromatic rings. The van der Waals surface area contributed by atoms with Crippen LogP contribution in [0.4, 0.5) is 4.39 Å². The molecular weight excluding hydrogens is 375 g/mol. The number of aliphatic hydroxyl groups excluding tert-OH is 3. The quantitative estimate of drug-likeness (QED) is 0.426. The lowest BCUT2D eigenvalue weighted by Gasteiger charge is -2.44. The zero-order chi connectivity index (χ0) is 20.4. The van der Waals surface area contributed by atoms with Crippen LogP contribution in [0.1, 0.15) is 40.0 Å². The molecule has 1 amide bonds. The highest BCUT2D eigenvalue weighted by atomic mass is 32.2. The number of hydrogen-bond donors (Lipinski definition) is 5. The Kier molecular flexibility index (Phi) is 7.92. The van der Waals surface area contributed by atoms with Gasteiger partial charge in [-0.25, -0.2) is 4.39 Å². The monoisotopic (exact) mass is 408 g/mol. The molecule has 9 heteroatoms.